The molecule has 6 heterocycles. The summed E-state index contributed by atoms with van der Waals surface area (Å²) >= 11 is 0. The van der Waals surface area contributed by atoms with E-state index >= 15 is 0 Å². The van der Waals surface area contributed by atoms with Gasteiger partial charge in [-0.3, -0.25) is 14.7 Å². The number of nitrogens with zero attached hydrogens (tertiary/aromatic N) is 3. The Labute approximate surface area is 231 Å². The first-order valence-electron chi connectivity index (χ1n) is 14.8. The van der Waals surface area contributed by atoms with Gasteiger partial charge in [0.15, 0.2) is 0 Å². The van der Waals surface area contributed by atoms with Crippen molar-refractivity contribution in [3.8, 4) is 0 Å². The van der Waals surface area contributed by atoms with Crippen molar-refractivity contribution >= 4 is 17.1 Å². The highest BCUT2D eigenvalue weighted by Crippen LogP contribution is 2.67. The van der Waals surface area contributed by atoms with Crippen LogP contribution in [0.4, 0.5) is 17.1 Å². The van der Waals surface area contributed by atoms with E-state index in [0.29, 0.717) is 6.17 Å². The lowest BCUT2D eigenvalue weighted by Crippen LogP contribution is -2.60. The summed E-state index contributed by atoms with van der Waals surface area (Å²) in [6.45, 7) is 3.33. The molecule has 9 rings (SSSR count). The van der Waals surface area contributed by atoms with E-state index in [-0.39, 0.29) is 28.6 Å². The number of nitrogens with one attached hydrogen (secondary N) is 3. The van der Waals surface area contributed by atoms with E-state index in [9.17, 15) is 0 Å². The molecule has 3 N–H and O–H groups in total. The van der Waals surface area contributed by atoms with Crippen molar-refractivity contribution in [1.82, 2.24) is 14.7 Å². The van der Waals surface area contributed by atoms with E-state index in [0.717, 1.165) is 26.1 Å². The molecule has 3 saturated heterocycles. The van der Waals surface area contributed by atoms with Gasteiger partial charge in [0.25, 0.3) is 0 Å². The molecule has 6 nitrogen and oxygen atoms in total. The first kappa shape index (κ1) is 22.7. The average Bonchev–Trinajstić information content (AvgIpc) is 3.76. The van der Waals surface area contributed by atoms with Crippen LogP contribution < -0.4 is 16.0 Å². The van der Waals surface area contributed by atoms with Crippen LogP contribution in [0.2, 0.25) is 0 Å². The molecule has 6 aliphatic heterocycles. The summed E-state index contributed by atoms with van der Waals surface area (Å²) < 4.78 is 0. The fourth-order valence-corrected chi connectivity index (χ4v) is 10.3. The molecule has 0 aromatic heterocycles. The summed E-state index contributed by atoms with van der Waals surface area (Å²) in [6, 6.07) is 25.5. The van der Waals surface area contributed by atoms with Crippen molar-refractivity contribution in [2.75, 3.05) is 56.7 Å². The molecular weight excluding hydrogens is 480 g/mol. The molecular formula is C33H38N6. The van der Waals surface area contributed by atoms with Gasteiger partial charge in [0.05, 0.1) is 23.9 Å². The van der Waals surface area contributed by atoms with Gasteiger partial charge in [-0.25, -0.2) is 0 Å². The lowest BCUT2D eigenvalue weighted by molar-refractivity contribution is 0.147. The van der Waals surface area contributed by atoms with Gasteiger partial charge in [0, 0.05) is 47.5 Å². The zero-order valence-electron chi connectivity index (χ0n) is 23.2. The van der Waals surface area contributed by atoms with Crippen molar-refractivity contribution in [2.45, 2.75) is 54.0 Å². The zero-order chi connectivity index (χ0) is 26.1. The third-order valence-corrected chi connectivity index (χ3v) is 11.8. The molecule has 3 fully saturated rings. The van der Waals surface area contributed by atoms with Crippen LogP contribution in [-0.4, -0.2) is 74.0 Å². The topological polar surface area (TPSA) is 45.8 Å². The SMILES string of the molecule is CN1CC[C@]2([C@]34CCN(C)[C@H]3Nc3c([C@]56CCN(C)[C@@H]5Nc5ccccc56)cccc34)c3ccccc3N[C@H]12. The lowest BCUT2D eigenvalue weighted by atomic mass is 9.54. The molecule has 0 amide bonds. The van der Waals surface area contributed by atoms with Crippen LogP contribution in [0.15, 0.2) is 66.7 Å². The van der Waals surface area contributed by atoms with Gasteiger partial charge in [0.1, 0.15) is 0 Å². The standard InChI is InChI=1S/C33H38N6/c1-37-18-15-31(21-9-4-6-13-25(21)34-28(31)37)23-11-8-12-24-27(23)36-30-33(24,17-20-39(30)3)32-16-19-38(2)29(32)35-26-14-7-5-10-22(26)32/h4-14,28-30,34-36H,15-20H2,1-3H3/t28-,29+,30+,31+,32-,33-/m0/s1. The number of hydrogen-bond acceptors (Lipinski definition) is 6. The van der Waals surface area contributed by atoms with Gasteiger partial charge in [-0.15, -0.1) is 0 Å². The van der Waals surface area contributed by atoms with Crippen molar-refractivity contribution in [1.29, 1.82) is 0 Å². The maximum Gasteiger partial charge on any atom is 0.0933 e. The summed E-state index contributed by atoms with van der Waals surface area (Å²) in [4.78, 5) is 7.70. The highest BCUT2D eigenvalue weighted by molar-refractivity contribution is 5.78. The molecule has 6 aliphatic rings. The summed E-state index contributed by atoms with van der Waals surface area (Å²) in [5.74, 6) is 0. The van der Waals surface area contributed by atoms with Crippen molar-refractivity contribution in [3.63, 3.8) is 0 Å². The van der Waals surface area contributed by atoms with Gasteiger partial charge in [-0.1, -0.05) is 54.6 Å². The fourth-order valence-electron chi connectivity index (χ4n) is 10.3. The van der Waals surface area contributed by atoms with Crippen LogP contribution >= 0.6 is 0 Å². The van der Waals surface area contributed by atoms with E-state index in [1.54, 1.807) is 5.56 Å². The third-order valence-electron chi connectivity index (χ3n) is 11.8. The predicted molar refractivity (Wildman–Crippen MR) is 157 cm³/mol. The fraction of sp³-hybridized carbons (Fsp3) is 0.455. The van der Waals surface area contributed by atoms with E-state index in [4.69, 9.17) is 0 Å². The first-order valence-corrected chi connectivity index (χ1v) is 14.8. The van der Waals surface area contributed by atoms with Crippen molar-refractivity contribution < 1.29 is 0 Å². The van der Waals surface area contributed by atoms with Gasteiger partial charge in [0.2, 0.25) is 0 Å². The highest BCUT2D eigenvalue weighted by Gasteiger charge is 2.71. The normalized spacial score (nSPS) is 37.9. The summed E-state index contributed by atoms with van der Waals surface area (Å²) in [5, 5.41) is 12.2. The number of benzene rings is 3. The molecule has 6 atom stereocenters. The quantitative estimate of drug-likeness (QED) is 0.467. The summed E-state index contributed by atoms with van der Waals surface area (Å²) in [5.41, 5.74) is 9.96. The second kappa shape index (κ2) is 7.36. The van der Waals surface area contributed by atoms with E-state index in [1.807, 2.05) is 0 Å². The first-order chi connectivity index (χ1) is 19.0. The molecule has 3 aromatic carbocycles. The average molecular weight is 519 g/mol. The Balaban J connectivity index is 1.31. The summed E-state index contributed by atoms with van der Waals surface area (Å²) in [6.07, 6.45) is 4.32. The molecule has 0 unspecified atom stereocenters. The second-order valence-electron chi connectivity index (χ2n) is 13.1. The van der Waals surface area contributed by atoms with Crippen molar-refractivity contribution in [2.24, 2.45) is 0 Å². The number of likely N-dealkylation sites (N-methyl/N-ethyl adjacent to an activating group) is 3. The van der Waals surface area contributed by atoms with E-state index < -0.39 is 0 Å². The predicted octanol–water partition coefficient (Wildman–Crippen LogP) is 4.41. The Kier molecular flexibility index (Phi) is 4.29. The van der Waals surface area contributed by atoms with Gasteiger partial charge in [-0.05, 0) is 74.8 Å². The minimum Gasteiger partial charge on any atom is -0.369 e. The number of likely N-dealkylation sites (tertiary alicyclic amines) is 3. The van der Waals surface area contributed by atoms with Crippen LogP contribution in [0, 0.1) is 0 Å². The zero-order valence-corrected chi connectivity index (χ0v) is 23.2. The van der Waals surface area contributed by atoms with Crippen LogP contribution in [0.5, 0.6) is 0 Å². The highest BCUT2D eigenvalue weighted by atomic mass is 15.4. The molecule has 200 valence electrons. The molecule has 39 heavy (non-hydrogen) atoms. The molecule has 3 aromatic rings. The van der Waals surface area contributed by atoms with E-state index in [1.165, 1.54) is 46.6 Å². The van der Waals surface area contributed by atoms with Gasteiger partial charge < -0.3 is 16.0 Å². The number of para-hydroxylation sites is 3. The Morgan fingerprint density at radius 2 is 1.05 bits per heavy atom. The van der Waals surface area contributed by atoms with Crippen LogP contribution in [0.1, 0.15) is 41.5 Å². The Hall–Kier alpha value is -3.06. The number of fused-ring (bicyclic) bond motifs is 10. The lowest BCUT2D eigenvalue weighted by Gasteiger charge is -2.48. The Morgan fingerprint density at radius 1 is 0.538 bits per heavy atom. The number of hydrogen-bond donors (Lipinski definition) is 3. The molecule has 0 radical (unpaired) electrons. The molecule has 0 bridgehead atoms. The number of rotatable bonds is 2. The summed E-state index contributed by atoms with van der Waals surface area (Å²) in [7, 11) is 6.93. The molecule has 0 spiro atoms. The molecule has 6 heteroatoms. The largest absolute Gasteiger partial charge is 0.369 e. The third kappa shape index (κ3) is 2.39. The minimum atomic E-state index is -0.0581. The molecule has 0 aliphatic carbocycles. The monoisotopic (exact) mass is 518 g/mol. The minimum absolute atomic E-state index is 0.00961. The Bertz CT molecular complexity index is 1520. The van der Waals surface area contributed by atoms with Crippen molar-refractivity contribution in [3.05, 3.63) is 89.0 Å². The Morgan fingerprint density at radius 3 is 1.82 bits per heavy atom. The van der Waals surface area contributed by atoms with E-state index in [2.05, 4.69) is 119 Å². The van der Waals surface area contributed by atoms with Gasteiger partial charge in [-0.2, -0.15) is 0 Å². The number of anilines is 3. The molecule has 0 saturated carbocycles. The van der Waals surface area contributed by atoms with Crippen LogP contribution in [0.3, 0.4) is 0 Å². The second-order valence-corrected chi connectivity index (χ2v) is 13.1. The van der Waals surface area contributed by atoms with Crippen LogP contribution in [0.25, 0.3) is 0 Å². The smallest absolute Gasteiger partial charge is 0.0933 e. The maximum atomic E-state index is 4.25. The van der Waals surface area contributed by atoms with Crippen LogP contribution in [-0.2, 0) is 16.2 Å². The van der Waals surface area contributed by atoms with Gasteiger partial charge >= 0.3 is 0 Å². The maximum absolute atomic E-state index is 4.25.